The van der Waals surface area contributed by atoms with Crippen molar-refractivity contribution in [3.05, 3.63) is 42.0 Å². The molecular weight excluding hydrogens is 460 g/mol. The van der Waals surface area contributed by atoms with Crippen molar-refractivity contribution in [3.63, 3.8) is 0 Å². The smallest absolute Gasteiger partial charge is 0.263 e. The molecule has 11 nitrogen and oxygen atoms in total. The number of carbonyl (C=O) groups is 2. The van der Waals surface area contributed by atoms with Gasteiger partial charge in [0.05, 0.1) is 30.5 Å². The molecule has 0 atom stereocenters. The Morgan fingerprint density at radius 3 is 2.60 bits per heavy atom. The third-order valence-corrected chi connectivity index (χ3v) is 6.58. The first kappa shape index (κ1) is 22.9. The number of anilines is 3. The van der Waals surface area contributed by atoms with Gasteiger partial charge in [-0.2, -0.15) is 0 Å². The van der Waals surface area contributed by atoms with E-state index >= 15 is 0 Å². The molecule has 2 fully saturated rings. The van der Waals surface area contributed by atoms with Gasteiger partial charge in [-0.3, -0.25) is 14.6 Å². The molecule has 0 radical (unpaired) electrons. The first-order valence-corrected chi connectivity index (χ1v) is 11.3. The number of nitrogens with two attached hydrogens (primary N) is 1. The van der Waals surface area contributed by atoms with Crippen molar-refractivity contribution in [2.45, 2.75) is 18.9 Å². The molecule has 0 aromatic carbocycles. The van der Waals surface area contributed by atoms with Crippen molar-refractivity contribution in [2.24, 2.45) is 5.92 Å². The highest BCUT2D eigenvalue weighted by Gasteiger charge is 2.36. The molecule has 0 unspecified atom stereocenters. The maximum atomic E-state index is 14.9. The van der Waals surface area contributed by atoms with E-state index in [-0.39, 0.29) is 40.2 Å². The minimum absolute atomic E-state index is 0.0565. The third-order valence-electron chi connectivity index (χ3n) is 6.58. The number of fused-ring (bicyclic) bond motifs is 1. The molecule has 5 rings (SSSR count). The van der Waals surface area contributed by atoms with Crippen LogP contribution in [-0.4, -0.2) is 75.6 Å². The van der Waals surface area contributed by atoms with E-state index in [0.29, 0.717) is 45.1 Å². The van der Waals surface area contributed by atoms with E-state index in [1.54, 1.807) is 4.90 Å². The minimum atomic E-state index is -0.674. The predicted octanol–water partition coefficient (Wildman–Crippen LogP) is 0.884. The van der Waals surface area contributed by atoms with Gasteiger partial charge < -0.3 is 26.2 Å². The van der Waals surface area contributed by atoms with Crippen molar-refractivity contribution in [3.8, 4) is 0 Å². The highest BCUT2D eigenvalue weighted by Crippen LogP contribution is 2.33. The molecule has 5 heterocycles. The van der Waals surface area contributed by atoms with Crippen LogP contribution in [0.4, 0.5) is 26.0 Å². The summed E-state index contributed by atoms with van der Waals surface area (Å²) in [7, 11) is 1.88. The summed E-state index contributed by atoms with van der Waals surface area (Å²) in [5.41, 5.74) is 6.23. The zero-order valence-corrected chi connectivity index (χ0v) is 19.0. The second-order valence-electron chi connectivity index (χ2n) is 8.76. The van der Waals surface area contributed by atoms with Crippen LogP contribution in [0, 0.1) is 17.6 Å². The van der Waals surface area contributed by atoms with Gasteiger partial charge in [0.2, 0.25) is 5.91 Å². The van der Waals surface area contributed by atoms with E-state index in [1.165, 1.54) is 6.20 Å². The number of likely N-dealkylation sites (N-methyl/N-ethyl adjacent to an activating group) is 1. The largest absolute Gasteiger partial charge is 0.381 e. The van der Waals surface area contributed by atoms with Crippen LogP contribution in [0.5, 0.6) is 0 Å². The van der Waals surface area contributed by atoms with Gasteiger partial charge in [0.1, 0.15) is 11.3 Å². The number of amides is 2. The molecule has 4 N–H and O–H groups in total. The molecule has 35 heavy (non-hydrogen) atoms. The second-order valence-corrected chi connectivity index (χ2v) is 8.76. The van der Waals surface area contributed by atoms with E-state index in [9.17, 15) is 18.4 Å². The molecule has 13 heteroatoms. The Bertz CT molecular complexity index is 1280. The Kier molecular flexibility index (Phi) is 5.93. The molecule has 2 saturated heterocycles. The van der Waals surface area contributed by atoms with Crippen LogP contribution >= 0.6 is 0 Å². The summed E-state index contributed by atoms with van der Waals surface area (Å²) in [6, 6.07) is 0.340. The number of nitrogens with one attached hydrogen (secondary N) is 2. The highest BCUT2D eigenvalue weighted by molar-refractivity contribution is 6.12. The van der Waals surface area contributed by atoms with E-state index in [0.717, 1.165) is 23.1 Å². The number of piperidine rings is 1. The van der Waals surface area contributed by atoms with Crippen LogP contribution < -0.4 is 21.3 Å². The topological polar surface area (TPSA) is 134 Å². The number of nitrogen functional groups attached to an aromatic ring is 1. The second kappa shape index (κ2) is 9.06. The summed E-state index contributed by atoms with van der Waals surface area (Å²) < 4.78 is 29.4. The number of rotatable bonds is 5. The van der Waals surface area contributed by atoms with Crippen LogP contribution in [0.3, 0.4) is 0 Å². The monoisotopic (exact) mass is 485 g/mol. The molecule has 0 saturated carbocycles. The summed E-state index contributed by atoms with van der Waals surface area (Å²) >= 11 is 0. The maximum Gasteiger partial charge on any atom is 0.263 e. The maximum absolute atomic E-state index is 14.9. The van der Waals surface area contributed by atoms with Gasteiger partial charge >= 0.3 is 0 Å². The van der Waals surface area contributed by atoms with Crippen molar-refractivity contribution >= 4 is 34.7 Å². The molecule has 0 spiro atoms. The van der Waals surface area contributed by atoms with Crippen molar-refractivity contribution < 1.29 is 18.4 Å². The zero-order valence-electron chi connectivity index (χ0n) is 19.0. The fraction of sp³-hybridized carbons (Fsp3) is 0.409. The first-order valence-electron chi connectivity index (χ1n) is 11.3. The SMILES string of the molecule is CNC1CN(C(=O)C2CCN(c3c(F)cncc3NC(=O)c3c(N)nn4cc(F)cnc34)CC2)C1. The first-order chi connectivity index (χ1) is 16.9. The lowest BCUT2D eigenvalue weighted by Gasteiger charge is -2.42. The summed E-state index contributed by atoms with van der Waals surface area (Å²) in [4.78, 5) is 37.2. The number of aromatic nitrogens is 4. The Balaban J connectivity index is 1.32. The fourth-order valence-electron chi connectivity index (χ4n) is 4.62. The zero-order chi connectivity index (χ0) is 24.7. The fourth-order valence-corrected chi connectivity index (χ4v) is 4.62. The Morgan fingerprint density at radius 2 is 1.89 bits per heavy atom. The lowest BCUT2D eigenvalue weighted by atomic mass is 9.93. The average Bonchev–Trinajstić information content (AvgIpc) is 3.13. The Morgan fingerprint density at radius 1 is 1.14 bits per heavy atom. The average molecular weight is 485 g/mol. The molecule has 2 aliphatic rings. The van der Waals surface area contributed by atoms with E-state index < -0.39 is 17.5 Å². The number of pyridine rings is 1. The molecule has 3 aromatic rings. The molecule has 184 valence electrons. The van der Waals surface area contributed by atoms with Crippen molar-refractivity contribution in [2.75, 3.05) is 49.2 Å². The number of nitrogens with zero attached hydrogens (tertiary/aromatic N) is 6. The van der Waals surface area contributed by atoms with Gasteiger partial charge in [0, 0.05) is 38.1 Å². The van der Waals surface area contributed by atoms with Crippen LogP contribution in [0.1, 0.15) is 23.2 Å². The normalized spacial score (nSPS) is 17.0. The molecule has 3 aromatic heterocycles. The van der Waals surface area contributed by atoms with Crippen LogP contribution in [0.2, 0.25) is 0 Å². The third kappa shape index (κ3) is 4.22. The molecule has 0 bridgehead atoms. The van der Waals surface area contributed by atoms with Gasteiger partial charge in [-0.1, -0.05) is 0 Å². The standard InChI is InChI=1S/C22H25F2N9O2/c1-26-14-10-32(11-14)22(35)12-2-4-31(5-3-12)18-15(24)7-27-8-16(18)29-21(34)17-19(25)30-33-9-13(23)6-28-20(17)33/h6-9,12,14,26H,2-5,10-11H2,1H3,(H2,25,30)(H,29,34). The van der Waals surface area contributed by atoms with Gasteiger partial charge in [0.25, 0.3) is 5.91 Å². The molecule has 0 aliphatic carbocycles. The lowest BCUT2D eigenvalue weighted by Crippen LogP contribution is -2.60. The van der Waals surface area contributed by atoms with Crippen molar-refractivity contribution in [1.29, 1.82) is 0 Å². The summed E-state index contributed by atoms with van der Waals surface area (Å²) in [6.45, 7) is 2.31. The lowest BCUT2D eigenvalue weighted by molar-refractivity contribution is -0.141. The number of likely N-dealkylation sites (tertiary alicyclic amines) is 1. The summed E-state index contributed by atoms with van der Waals surface area (Å²) in [5.74, 6) is -2.03. The Hall–Kier alpha value is -3.87. The molecule has 2 amide bonds. The summed E-state index contributed by atoms with van der Waals surface area (Å²) in [5, 5.41) is 9.72. The van der Waals surface area contributed by atoms with E-state index in [2.05, 4.69) is 25.7 Å². The number of carbonyl (C=O) groups excluding carboxylic acids is 2. The van der Waals surface area contributed by atoms with Gasteiger partial charge in [0.15, 0.2) is 23.1 Å². The predicted molar refractivity (Wildman–Crippen MR) is 124 cm³/mol. The van der Waals surface area contributed by atoms with Crippen molar-refractivity contribution in [1.82, 2.24) is 29.8 Å². The Labute approximate surface area is 199 Å². The van der Waals surface area contributed by atoms with E-state index in [1.807, 2.05) is 11.9 Å². The van der Waals surface area contributed by atoms with Crippen LogP contribution in [0.15, 0.2) is 24.8 Å². The van der Waals surface area contributed by atoms with Gasteiger partial charge in [-0.15, -0.1) is 5.10 Å². The van der Waals surface area contributed by atoms with Gasteiger partial charge in [-0.05, 0) is 19.9 Å². The number of hydrogen-bond donors (Lipinski definition) is 3. The molecule has 2 aliphatic heterocycles. The van der Waals surface area contributed by atoms with E-state index in [4.69, 9.17) is 5.73 Å². The minimum Gasteiger partial charge on any atom is -0.381 e. The quantitative estimate of drug-likeness (QED) is 0.485. The van der Waals surface area contributed by atoms with Crippen LogP contribution in [-0.2, 0) is 4.79 Å². The highest BCUT2D eigenvalue weighted by atomic mass is 19.1. The molecular formula is C22H25F2N9O2. The number of halogens is 2. The summed E-state index contributed by atoms with van der Waals surface area (Å²) in [6.07, 6.45) is 5.58. The van der Waals surface area contributed by atoms with Gasteiger partial charge in [-0.25, -0.2) is 18.3 Å². The number of hydrogen-bond acceptors (Lipinski definition) is 8. The van der Waals surface area contributed by atoms with Crippen LogP contribution in [0.25, 0.3) is 5.65 Å².